The standard InChI is InChI=1S/C14H8N4.2C12H8N2O4.2C12H8N2.2Ru/c1-2-6-10-9(5-1)15-13(16-10)14-17-11-7-3-4-8-12(11)18-14;2*15-11(16)7-1-3-13-9(5-7)10-6-8(12(17)18)2-4-14-10;2*1-3-9-5-6-10-4-2-8-14-12(10)11(9)13-7-1;;/h1-8H;2*1-6H,(H,15,16)(H,17,18);2*1-8H;;/q-2;;;;;2*+1/p-1. The van der Waals surface area contributed by atoms with Gasteiger partial charge < -0.3 is 45.2 Å². The Morgan fingerprint density at radius 2 is 0.619 bits per heavy atom. The number of fused-ring (bicyclic) bond motifs is 8. The molecule has 14 aromatic rings. The Balaban J connectivity index is 0.000000137. The Bertz CT molecular complexity index is 4100. The largest absolute Gasteiger partial charge is 1.00 e. The summed E-state index contributed by atoms with van der Waals surface area (Å²) in [7, 11) is 0. The summed E-state index contributed by atoms with van der Waals surface area (Å²) in [6.07, 6.45) is 12.5. The third kappa shape index (κ3) is 14.2. The SMILES string of the molecule is O=C(O)c1ccnc(-c2cc(C(=O)O)ccn2)c1.O=C([O-])c1ccnc(-c2cc(C(=O)O)ccn2)c1.[Ru+].[Ru+].c1ccc2[n-]c(-c3nc4ccccc4[n-]3)nc2c1.c1cnc2c(c1)ccc1cccnc12.c1cnc2c(c1)ccc1cccnc12. The zero-order valence-corrected chi connectivity index (χ0v) is 46.7. The summed E-state index contributed by atoms with van der Waals surface area (Å²) in [5.74, 6) is -3.39. The first-order chi connectivity index (χ1) is 39.9. The van der Waals surface area contributed by atoms with Crippen molar-refractivity contribution in [1.82, 2.24) is 59.8 Å². The van der Waals surface area contributed by atoms with Gasteiger partial charge in [-0.3, -0.25) is 39.9 Å². The average Bonchev–Trinajstić information content (AvgIpc) is 4.34. The van der Waals surface area contributed by atoms with E-state index in [2.05, 4.69) is 108 Å². The van der Waals surface area contributed by atoms with Crippen LogP contribution in [-0.4, -0.2) is 89.0 Å². The second kappa shape index (κ2) is 27.6. The fraction of sp³-hybridized carbons (Fsp3) is 0. The van der Waals surface area contributed by atoms with Gasteiger partial charge in [-0.05, 0) is 94.9 Å². The van der Waals surface area contributed by atoms with E-state index >= 15 is 0 Å². The van der Waals surface area contributed by atoms with Crippen molar-refractivity contribution in [1.29, 1.82) is 0 Å². The van der Waals surface area contributed by atoms with Crippen molar-refractivity contribution in [3.63, 3.8) is 0 Å². The van der Waals surface area contributed by atoms with Crippen molar-refractivity contribution in [3.8, 4) is 34.4 Å². The quantitative estimate of drug-likeness (QED) is 0.0987. The van der Waals surface area contributed by atoms with Crippen LogP contribution >= 0.6 is 0 Å². The zero-order chi connectivity index (χ0) is 57.0. The summed E-state index contributed by atoms with van der Waals surface area (Å²) in [5.41, 5.74) is 8.78. The summed E-state index contributed by atoms with van der Waals surface area (Å²) in [6, 6.07) is 50.5. The second-order valence-corrected chi connectivity index (χ2v) is 17.4. The normalized spacial score (nSPS) is 10.3. The molecule has 3 N–H and O–H groups in total. The Morgan fingerprint density at radius 3 is 0.905 bits per heavy atom. The molecular weight excluding hydrogens is 1240 g/mol. The van der Waals surface area contributed by atoms with Crippen molar-refractivity contribution in [2.45, 2.75) is 0 Å². The third-order valence-electron chi connectivity index (χ3n) is 12.1. The van der Waals surface area contributed by atoms with Gasteiger partial charge in [0.2, 0.25) is 0 Å². The van der Waals surface area contributed by atoms with Crippen LogP contribution in [-0.2, 0) is 39.0 Å². The van der Waals surface area contributed by atoms with Gasteiger partial charge in [0.1, 0.15) is 0 Å². The number of aromatic nitrogens is 12. The minimum Gasteiger partial charge on any atom is -0.545 e. The van der Waals surface area contributed by atoms with Crippen molar-refractivity contribution >= 4 is 89.6 Å². The van der Waals surface area contributed by atoms with E-state index in [1.807, 2.05) is 72.8 Å². The van der Waals surface area contributed by atoms with Crippen molar-refractivity contribution in [3.05, 3.63) is 242 Å². The molecule has 10 heterocycles. The molecule has 0 aliphatic heterocycles. The van der Waals surface area contributed by atoms with Crippen LogP contribution in [0.3, 0.4) is 0 Å². The number of pyridine rings is 8. The van der Waals surface area contributed by atoms with Crippen LogP contribution in [0.1, 0.15) is 41.4 Å². The molecule has 14 rings (SSSR count). The number of benzene rings is 4. The maximum Gasteiger partial charge on any atom is 1.00 e. The monoisotopic (exact) mass is 1280 g/mol. The van der Waals surface area contributed by atoms with E-state index in [1.165, 1.54) is 73.3 Å². The predicted octanol–water partition coefficient (Wildman–Crippen LogP) is 9.67. The minimum absolute atomic E-state index is 0. The van der Waals surface area contributed by atoms with Gasteiger partial charge in [-0.1, -0.05) is 109 Å². The van der Waals surface area contributed by atoms with Gasteiger partial charge in [0.05, 0.1) is 67.5 Å². The number of carboxylic acids is 4. The van der Waals surface area contributed by atoms with Crippen LogP contribution in [0.4, 0.5) is 0 Å². The van der Waals surface area contributed by atoms with E-state index < -0.39 is 23.9 Å². The molecule has 0 aliphatic carbocycles. The molecule has 0 bridgehead atoms. The van der Waals surface area contributed by atoms with Crippen LogP contribution in [0.5, 0.6) is 0 Å². The maximum atomic E-state index is 10.8. The first kappa shape index (κ1) is 59.3. The predicted molar refractivity (Wildman–Crippen MR) is 303 cm³/mol. The summed E-state index contributed by atoms with van der Waals surface area (Å²) in [5, 5.41) is 41.8. The molecule has 0 fully saturated rings. The van der Waals surface area contributed by atoms with Crippen molar-refractivity contribution in [2.75, 3.05) is 0 Å². The minimum atomic E-state index is -1.33. The van der Waals surface area contributed by atoms with Crippen LogP contribution in [0.25, 0.3) is 100 Å². The van der Waals surface area contributed by atoms with Crippen LogP contribution in [0.2, 0.25) is 0 Å². The Morgan fingerprint density at radius 1 is 0.333 bits per heavy atom. The molecule has 0 saturated heterocycles. The first-order valence-corrected chi connectivity index (χ1v) is 24.7. The number of carboxylic acid groups (broad SMARTS) is 4. The Labute approximate surface area is 501 Å². The van der Waals surface area contributed by atoms with Crippen LogP contribution < -0.4 is 15.1 Å². The molecule has 84 heavy (non-hydrogen) atoms. The smallest absolute Gasteiger partial charge is 0.545 e. The van der Waals surface area contributed by atoms with Crippen LogP contribution in [0, 0.1) is 0 Å². The molecule has 20 nitrogen and oxygen atoms in total. The van der Waals surface area contributed by atoms with Gasteiger partial charge in [0, 0.05) is 76.7 Å². The molecule has 22 heteroatoms. The third-order valence-corrected chi connectivity index (χ3v) is 12.1. The van der Waals surface area contributed by atoms with Crippen molar-refractivity contribution in [2.24, 2.45) is 0 Å². The molecular formula is C62H39N12O8Ru2-. The van der Waals surface area contributed by atoms with E-state index in [-0.39, 0.29) is 72.6 Å². The average molecular weight is 1280 g/mol. The van der Waals surface area contributed by atoms with Gasteiger partial charge in [-0.25, -0.2) is 14.4 Å². The number of carbonyl (C=O) groups excluding carboxylic acids is 1. The number of carbonyl (C=O) groups is 4. The molecule has 0 saturated carbocycles. The topological polar surface area (TPSA) is 309 Å². The first-order valence-electron chi connectivity index (χ1n) is 24.7. The Kier molecular flexibility index (Phi) is 19.5. The van der Waals surface area contributed by atoms with Crippen molar-refractivity contribution < 1.29 is 78.6 Å². The molecule has 412 valence electrons. The molecule has 4 aromatic carbocycles. The second-order valence-electron chi connectivity index (χ2n) is 17.4. The number of hydrogen-bond donors (Lipinski definition) is 3. The molecule has 2 radical (unpaired) electrons. The number of nitrogens with zero attached hydrogens (tertiary/aromatic N) is 12. The van der Waals surface area contributed by atoms with E-state index in [0.29, 0.717) is 23.0 Å². The molecule has 0 aliphatic rings. The number of hydrogen-bond acceptors (Lipinski definition) is 15. The molecule has 0 unspecified atom stereocenters. The fourth-order valence-corrected chi connectivity index (χ4v) is 8.18. The maximum absolute atomic E-state index is 10.8. The van der Waals surface area contributed by atoms with Gasteiger partial charge >= 0.3 is 56.9 Å². The molecule has 0 amide bonds. The summed E-state index contributed by atoms with van der Waals surface area (Å²) in [6.45, 7) is 0. The molecule has 0 spiro atoms. The molecule has 0 atom stereocenters. The van der Waals surface area contributed by atoms with Gasteiger partial charge in [0.25, 0.3) is 0 Å². The van der Waals surface area contributed by atoms with Gasteiger partial charge in [0.15, 0.2) is 0 Å². The summed E-state index contributed by atoms with van der Waals surface area (Å²) >= 11 is 0. The summed E-state index contributed by atoms with van der Waals surface area (Å²) in [4.78, 5) is 94.2. The number of imidazole rings is 2. The van der Waals surface area contributed by atoms with Crippen LogP contribution in [0.15, 0.2) is 219 Å². The number of aromatic carboxylic acids is 4. The van der Waals surface area contributed by atoms with E-state index in [9.17, 15) is 24.3 Å². The van der Waals surface area contributed by atoms with Gasteiger partial charge in [-0.15, -0.1) is 0 Å². The van der Waals surface area contributed by atoms with E-state index in [0.717, 1.165) is 65.7 Å². The van der Waals surface area contributed by atoms with E-state index in [1.54, 1.807) is 24.8 Å². The van der Waals surface area contributed by atoms with Gasteiger partial charge in [-0.2, -0.15) is 0 Å². The fourth-order valence-electron chi connectivity index (χ4n) is 8.18. The zero-order valence-electron chi connectivity index (χ0n) is 43.2. The Hall–Kier alpha value is -10.8. The number of para-hydroxylation sites is 4. The number of rotatable bonds is 7. The summed E-state index contributed by atoms with van der Waals surface area (Å²) < 4.78 is 0. The van der Waals surface area contributed by atoms with E-state index in [4.69, 9.17) is 15.3 Å². The molecule has 10 aromatic heterocycles.